The van der Waals surface area contributed by atoms with Gasteiger partial charge in [0.25, 0.3) is 5.91 Å². The van der Waals surface area contributed by atoms with Gasteiger partial charge in [-0.2, -0.15) is 12.7 Å². The summed E-state index contributed by atoms with van der Waals surface area (Å²) in [7, 11) is -3.99. The third kappa shape index (κ3) is 5.82. The molecule has 178 valence electrons. The van der Waals surface area contributed by atoms with E-state index in [4.69, 9.17) is 5.73 Å². The van der Waals surface area contributed by atoms with Gasteiger partial charge < -0.3 is 11.1 Å². The number of anilines is 1. The summed E-state index contributed by atoms with van der Waals surface area (Å²) in [6.07, 6.45) is 3.96. The number of piperidine rings is 1. The van der Waals surface area contributed by atoms with Crippen molar-refractivity contribution in [2.75, 3.05) is 25.4 Å². The molecule has 3 rings (SSSR count). The van der Waals surface area contributed by atoms with Crippen LogP contribution in [0.2, 0.25) is 0 Å². The van der Waals surface area contributed by atoms with Crippen molar-refractivity contribution in [1.82, 2.24) is 24.3 Å². The van der Waals surface area contributed by atoms with Crippen molar-refractivity contribution in [2.45, 2.75) is 38.0 Å². The molecular weight excluding hydrogens is 451 g/mol. The van der Waals surface area contributed by atoms with Crippen LogP contribution in [0.5, 0.6) is 0 Å². The van der Waals surface area contributed by atoms with Crippen LogP contribution in [0.1, 0.15) is 48.7 Å². The van der Waals surface area contributed by atoms with E-state index in [1.165, 1.54) is 28.8 Å². The molecule has 33 heavy (non-hydrogen) atoms. The highest BCUT2D eigenvalue weighted by Gasteiger charge is 2.40. The molecule has 1 aromatic carbocycles. The van der Waals surface area contributed by atoms with Gasteiger partial charge in [-0.1, -0.05) is 19.1 Å². The molecule has 2 amide bonds. The fourth-order valence-corrected chi connectivity index (χ4v) is 5.07. The minimum Gasteiger partial charge on any atom is -0.382 e. The lowest BCUT2D eigenvalue weighted by Crippen LogP contribution is -2.53. The minimum absolute atomic E-state index is 0.0152. The Labute approximate surface area is 192 Å². The molecule has 0 aliphatic carbocycles. The van der Waals surface area contributed by atoms with Crippen molar-refractivity contribution >= 4 is 27.8 Å². The molecule has 1 fully saturated rings. The number of carbonyl (C=O) groups excluding carboxylic acids is 2. The Kier molecular flexibility index (Phi) is 7.59. The molecule has 0 radical (unpaired) electrons. The first kappa shape index (κ1) is 24.5. The fourth-order valence-electron chi connectivity index (χ4n) is 3.88. The molecule has 1 aliphatic heterocycles. The van der Waals surface area contributed by atoms with Gasteiger partial charge in [-0.3, -0.25) is 9.59 Å². The number of hydrogen-bond acceptors (Lipinski definition) is 7. The maximum Gasteiger partial charge on any atom is 0.303 e. The average molecular weight is 479 g/mol. The first-order valence-electron chi connectivity index (χ1n) is 10.6. The Balaban J connectivity index is 1.79. The van der Waals surface area contributed by atoms with Crippen LogP contribution in [-0.2, 0) is 20.4 Å². The number of nitrogen functional groups attached to an aromatic ring is 1. The third-order valence-corrected chi connectivity index (χ3v) is 7.24. The summed E-state index contributed by atoms with van der Waals surface area (Å²) in [5.74, 6) is -1.54. The van der Waals surface area contributed by atoms with Gasteiger partial charge >= 0.3 is 10.2 Å². The Morgan fingerprint density at radius 3 is 2.55 bits per heavy atom. The summed E-state index contributed by atoms with van der Waals surface area (Å²) in [5.41, 5.74) is 5.62. The Bertz CT molecular complexity index is 1120. The van der Waals surface area contributed by atoms with E-state index in [-0.39, 0.29) is 37.6 Å². The third-order valence-electron chi connectivity index (χ3n) is 5.71. The largest absolute Gasteiger partial charge is 0.382 e. The van der Waals surface area contributed by atoms with Gasteiger partial charge in [0.15, 0.2) is 11.5 Å². The van der Waals surface area contributed by atoms with E-state index in [2.05, 4.69) is 20.0 Å². The quantitative estimate of drug-likeness (QED) is 0.515. The number of aromatic nitrogens is 2. The molecule has 2 aromatic rings. The molecule has 0 spiro atoms. The van der Waals surface area contributed by atoms with Crippen LogP contribution < -0.4 is 15.8 Å². The number of benzene rings is 1. The summed E-state index contributed by atoms with van der Waals surface area (Å²) in [4.78, 5) is 32.2. The number of halogens is 1. The number of nitrogens with one attached hydrogen (secondary N) is 2. The van der Waals surface area contributed by atoms with Gasteiger partial charge in [0, 0.05) is 43.9 Å². The Morgan fingerprint density at radius 2 is 1.91 bits per heavy atom. The highest BCUT2D eigenvalue weighted by molar-refractivity contribution is 7.87. The summed E-state index contributed by atoms with van der Waals surface area (Å²) in [5, 5.41) is 2.79. The molecule has 0 atom stereocenters. The van der Waals surface area contributed by atoms with Gasteiger partial charge in [0.2, 0.25) is 5.91 Å². The van der Waals surface area contributed by atoms with E-state index in [0.29, 0.717) is 24.8 Å². The molecule has 0 bridgehead atoms. The Morgan fingerprint density at radius 1 is 1.21 bits per heavy atom. The normalized spacial score (nSPS) is 16.2. The average Bonchev–Trinajstić information content (AvgIpc) is 2.78. The molecule has 0 saturated carbocycles. The molecule has 4 N–H and O–H groups in total. The second kappa shape index (κ2) is 10.2. The minimum atomic E-state index is -3.99. The predicted octanol–water partition coefficient (Wildman–Crippen LogP) is 1.12. The topological polar surface area (TPSA) is 147 Å². The van der Waals surface area contributed by atoms with Crippen LogP contribution in [0.4, 0.5) is 10.2 Å². The maximum atomic E-state index is 14.0. The second-order valence-electron chi connectivity index (χ2n) is 7.94. The molecule has 1 aliphatic rings. The molecule has 1 aromatic heterocycles. The van der Waals surface area contributed by atoms with E-state index < -0.39 is 33.3 Å². The van der Waals surface area contributed by atoms with Crippen LogP contribution in [0, 0.1) is 5.82 Å². The first-order chi connectivity index (χ1) is 15.7. The van der Waals surface area contributed by atoms with Crippen LogP contribution in [0.25, 0.3) is 0 Å². The second-order valence-corrected chi connectivity index (χ2v) is 9.61. The summed E-state index contributed by atoms with van der Waals surface area (Å²) < 4.78 is 42.5. The number of nitrogens with zero attached hydrogens (tertiary/aromatic N) is 3. The monoisotopic (exact) mass is 478 g/mol. The zero-order valence-corrected chi connectivity index (χ0v) is 19.1. The van der Waals surface area contributed by atoms with E-state index in [0.717, 1.165) is 0 Å². The summed E-state index contributed by atoms with van der Waals surface area (Å²) in [6.45, 7) is 2.08. The molecule has 0 unspecified atom stereocenters. The molecule has 2 heterocycles. The number of amides is 2. The molecule has 10 nitrogen and oxygen atoms in total. The van der Waals surface area contributed by atoms with Crippen LogP contribution >= 0.6 is 0 Å². The molecular formula is C21H27FN6O4S. The SMILES string of the molecule is CCCC(=O)NS(=O)(=O)N1CCC(CNC(=O)c2nccnc2N)(c2cccc(F)c2)CC1. The summed E-state index contributed by atoms with van der Waals surface area (Å²) >= 11 is 0. The van der Waals surface area contributed by atoms with Crippen molar-refractivity contribution in [2.24, 2.45) is 0 Å². The van der Waals surface area contributed by atoms with E-state index >= 15 is 0 Å². The van der Waals surface area contributed by atoms with Gasteiger partial charge in [0.1, 0.15) is 5.82 Å². The van der Waals surface area contributed by atoms with Crippen molar-refractivity contribution in [1.29, 1.82) is 0 Å². The predicted molar refractivity (Wildman–Crippen MR) is 120 cm³/mol. The number of carbonyl (C=O) groups is 2. The smallest absolute Gasteiger partial charge is 0.303 e. The molecule has 1 saturated heterocycles. The zero-order chi connectivity index (χ0) is 24.1. The summed E-state index contributed by atoms with van der Waals surface area (Å²) in [6, 6.07) is 6.02. The number of hydrogen-bond donors (Lipinski definition) is 3. The standard InChI is InChI=1S/C21H27FN6O4S/c1-2-4-17(29)27-33(31,32)28-11-7-21(8-12-28,15-5-3-6-16(22)13-15)14-26-20(30)18-19(23)25-10-9-24-18/h3,5-6,9-10,13H,2,4,7-8,11-12,14H2,1H3,(H2,23,25)(H,26,30)(H,27,29). The lowest BCUT2D eigenvalue weighted by Gasteiger charge is -2.41. The fraction of sp³-hybridized carbons (Fsp3) is 0.429. The lowest BCUT2D eigenvalue weighted by atomic mass is 9.73. The van der Waals surface area contributed by atoms with Crippen LogP contribution in [-0.4, -0.2) is 54.1 Å². The van der Waals surface area contributed by atoms with Crippen molar-refractivity contribution in [3.05, 3.63) is 53.7 Å². The van der Waals surface area contributed by atoms with E-state index in [9.17, 15) is 22.4 Å². The van der Waals surface area contributed by atoms with Gasteiger partial charge in [0.05, 0.1) is 0 Å². The number of rotatable bonds is 8. The maximum absolute atomic E-state index is 14.0. The number of nitrogens with two attached hydrogens (primary N) is 1. The van der Waals surface area contributed by atoms with Crippen LogP contribution in [0.15, 0.2) is 36.7 Å². The van der Waals surface area contributed by atoms with Gasteiger partial charge in [-0.05, 0) is 37.0 Å². The Hall–Kier alpha value is -3.12. The van der Waals surface area contributed by atoms with Crippen molar-refractivity contribution < 1.29 is 22.4 Å². The molecule has 12 heteroatoms. The van der Waals surface area contributed by atoms with Crippen molar-refractivity contribution in [3.8, 4) is 0 Å². The van der Waals surface area contributed by atoms with E-state index in [1.54, 1.807) is 19.1 Å². The van der Waals surface area contributed by atoms with Crippen LogP contribution in [0.3, 0.4) is 0 Å². The highest BCUT2D eigenvalue weighted by atomic mass is 32.2. The van der Waals surface area contributed by atoms with Gasteiger partial charge in [-0.15, -0.1) is 0 Å². The van der Waals surface area contributed by atoms with E-state index in [1.807, 2.05) is 0 Å². The first-order valence-corrected chi connectivity index (χ1v) is 12.0. The van der Waals surface area contributed by atoms with Gasteiger partial charge in [-0.25, -0.2) is 19.1 Å². The van der Waals surface area contributed by atoms with Crippen molar-refractivity contribution in [3.63, 3.8) is 0 Å². The highest BCUT2D eigenvalue weighted by Crippen LogP contribution is 2.36. The lowest BCUT2D eigenvalue weighted by molar-refractivity contribution is -0.119. The zero-order valence-electron chi connectivity index (χ0n) is 18.3.